The summed E-state index contributed by atoms with van der Waals surface area (Å²) in [7, 11) is 0. The Morgan fingerprint density at radius 1 is 1.11 bits per heavy atom. The average molecular weight is 256 g/mol. The van der Waals surface area contributed by atoms with Crippen LogP contribution >= 0.6 is 0 Å². The van der Waals surface area contributed by atoms with Crippen LogP contribution < -0.4 is 0 Å². The SMILES string of the molecule is C[C@@]12C=CC[C@H]1[C@@H]1CCC3=CCCC[C@]3(C)[C@@H]1CC2. The number of hydrogen-bond donors (Lipinski definition) is 0. The van der Waals surface area contributed by atoms with Gasteiger partial charge in [-0.3, -0.25) is 0 Å². The quantitative estimate of drug-likeness (QED) is 0.502. The Kier molecular flexibility index (Phi) is 2.57. The normalized spacial score (nSPS) is 52.1. The maximum Gasteiger partial charge on any atom is -0.00853 e. The van der Waals surface area contributed by atoms with Crippen LogP contribution in [0.3, 0.4) is 0 Å². The van der Waals surface area contributed by atoms with Gasteiger partial charge in [0.25, 0.3) is 0 Å². The summed E-state index contributed by atoms with van der Waals surface area (Å²) in [6.07, 6.45) is 19.1. The fraction of sp³-hybridized carbons (Fsp3) is 0.789. The smallest absolute Gasteiger partial charge is 0.00853 e. The van der Waals surface area contributed by atoms with Crippen LogP contribution in [-0.4, -0.2) is 0 Å². The van der Waals surface area contributed by atoms with Crippen molar-refractivity contribution in [1.29, 1.82) is 0 Å². The molecule has 0 amide bonds. The highest BCUT2D eigenvalue weighted by Gasteiger charge is 2.54. The van der Waals surface area contributed by atoms with Crippen molar-refractivity contribution in [1.82, 2.24) is 0 Å². The van der Waals surface area contributed by atoms with E-state index in [-0.39, 0.29) is 0 Å². The molecule has 19 heavy (non-hydrogen) atoms. The lowest BCUT2D eigenvalue weighted by Crippen LogP contribution is -2.48. The highest BCUT2D eigenvalue weighted by atomic mass is 14.6. The fourth-order valence-electron chi connectivity index (χ4n) is 6.24. The number of fused-ring (bicyclic) bond motifs is 5. The molecule has 0 aromatic carbocycles. The maximum absolute atomic E-state index is 2.61. The third-order valence-electron chi connectivity index (χ3n) is 7.35. The van der Waals surface area contributed by atoms with Crippen LogP contribution in [0.1, 0.15) is 65.2 Å². The topological polar surface area (TPSA) is 0 Å². The van der Waals surface area contributed by atoms with Gasteiger partial charge in [0.15, 0.2) is 0 Å². The van der Waals surface area contributed by atoms with Gasteiger partial charge in [-0.25, -0.2) is 0 Å². The number of allylic oxidation sites excluding steroid dienone is 4. The van der Waals surface area contributed by atoms with E-state index in [1.165, 1.54) is 51.4 Å². The molecule has 2 fully saturated rings. The highest BCUT2D eigenvalue weighted by Crippen LogP contribution is 2.63. The zero-order valence-electron chi connectivity index (χ0n) is 12.6. The second-order valence-electron chi connectivity index (χ2n) is 8.14. The Morgan fingerprint density at radius 2 is 2.00 bits per heavy atom. The molecule has 4 aliphatic rings. The highest BCUT2D eigenvalue weighted by molar-refractivity contribution is 5.25. The van der Waals surface area contributed by atoms with Gasteiger partial charge in [0, 0.05) is 0 Å². The van der Waals surface area contributed by atoms with Crippen molar-refractivity contribution in [2.75, 3.05) is 0 Å². The molecule has 104 valence electrons. The Balaban J connectivity index is 1.69. The van der Waals surface area contributed by atoms with E-state index in [9.17, 15) is 0 Å². The van der Waals surface area contributed by atoms with Crippen LogP contribution in [-0.2, 0) is 0 Å². The van der Waals surface area contributed by atoms with Crippen LogP contribution in [0, 0.1) is 28.6 Å². The van der Waals surface area contributed by atoms with Crippen molar-refractivity contribution in [2.45, 2.75) is 65.2 Å². The summed E-state index contributed by atoms with van der Waals surface area (Å²) in [5.74, 6) is 2.96. The molecule has 0 spiro atoms. The minimum Gasteiger partial charge on any atom is -0.0877 e. The van der Waals surface area contributed by atoms with Gasteiger partial charge >= 0.3 is 0 Å². The van der Waals surface area contributed by atoms with Gasteiger partial charge in [-0.05, 0) is 80.0 Å². The molecule has 4 rings (SSSR count). The maximum atomic E-state index is 2.61. The van der Waals surface area contributed by atoms with Gasteiger partial charge < -0.3 is 0 Å². The van der Waals surface area contributed by atoms with E-state index < -0.39 is 0 Å². The first-order valence-electron chi connectivity index (χ1n) is 8.51. The molecule has 0 aromatic rings. The van der Waals surface area contributed by atoms with Crippen molar-refractivity contribution >= 4 is 0 Å². The van der Waals surface area contributed by atoms with Gasteiger partial charge in [0.1, 0.15) is 0 Å². The molecule has 2 saturated carbocycles. The summed E-state index contributed by atoms with van der Waals surface area (Å²) in [6, 6.07) is 0. The Bertz CT molecular complexity index is 443. The molecule has 0 aromatic heterocycles. The van der Waals surface area contributed by atoms with Gasteiger partial charge in [-0.15, -0.1) is 0 Å². The van der Waals surface area contributed by atoms with Crippen molar-refractivity contribution in [3.63, 3.8) is 0 Å². The van der Waals surface area contributed by atoms with Crippen molar-refractivity contribution < 1.29 is 0 Å². The predicted molar refractivity (Wildman–Crippen MR) is 80.8 cm³/mol. The number of rotatable bonds is 0. The standard InChI is InChI=1S/C19H28/c1-18-11-5-7-16(18)15-9-8-14-6-3-4-12-19(14,2)17(15)10-13-18/h5-6,11,15-17H,3-4,7-10,12-13H2,1-2H3/t15-,16-,17+,18-,19-/m0/s1. The molecule has 0 heteroatoms. The molecule has 0 unspecified atom stereocenters. The Morgan fingerprint density at radius 3 is 2.89 bits per heavy atom. The molecule has 0 radical (unpaired) electrons. The second kappa shape index (κ2) is 3.99. The lowest BCUT2D eigenvalue weighted by atomic mass is 9.47. The molecule has 0 saturated heterocycles. The molecule has 0 heterocycles. The van der Waals surface area contributed by atoms with E-state index in [0.29, 0.717) is 10.8 Å². The van der Waals surface area contributed by atoms with Crippen molar-refractivity contribution in [3.05, 3.63) is 23.8 Å². The molecular weight excluding hydrogens is 228 g/mol. The van der Waals surface area contributed by atoms with Crippen LogP contribution in [0.2, 0.25) is 0 Å². The van der Waals surface area contributed by atoms with Crippen LogP contribution in [0.15, 0.2) is 23.8 Å². The summed E-state index contributed by atoms with van der Waals surface area (Å²) in [4.78, 5) is 0. The summed E-state index contributed by atoms with van der Waals surface area (Å²) >= 11 is 0. The molecule has 0 aliphatic heterocycles. The van der Waals surface area contributed by atoms with Crippen molar-refractivity contribution in [2.24, 2.45) is 28.6 Å². The van der Waals surface area contributed by atoms with Crippen molar-refractivity contribution in [3.8, 4) is 0 Å². The monoisotopic (exact) mass is 256 g/mol. The van der Waals surface area contributed by atoms with E-state index in [4.69, 9.17) is 0 Å². The molecule has 0 nitrogen and oxygen atoms in total. The van der Waals surface area contributed by atoms with Gasteiger partial charge in [-0.1, -0.05) is 37.6 Å². The summed E-state index contributed by atoms with van der Waals surface area (Å²) in [5.41, 5.74) is 2.97. The second-order valence-corrected chi connectivity index (χ2v) is 8.14. The molecule has 4 aliphatic carbocycles. The van der Waals surface area contributed by atoms with E-state index >= 15 is 0 Å². The van der Waals surface area contributed by atoms with E-state index in [1.807, 2.05) is 5.57 Å². The summed E-state index contributed by atoms with van der Waals surface area (Å²) < 4.78 is 0. The van der Waals surface area contributed by atoms with Gasteiger partial charge in [-0.2, -0.15) is 0 Å². The lowest BCUT2D eigenvalue weighted by Gasteiger charge is -2.57. The molecule has 0 N–H and O–H groups in total. The van der Waals surface area contributed by atoms with E-state index in [2.05, 4.69) is 32.1 Å². The fourth-order valence-corrected chi connectivity index (χ4v) is 6.24. The van der Waals surface area contributed by atoms with E-state index in [0.717, 1.165) is 17.8 Å². The third-order valence-corrected chi connectivity index (χ3v) is 7.35. The van der Waals surface area contributed by atoms with E-state index in [1.54, 1.807) is 0 Å². The third kappa shape index (κ3) is 1.58. The average Bonchev–Trinajstić information content (AvgIpc) is 2.79. The van der Waals surface area contributed by atoms with Gasteiger partial charge in [0.2, 0.25) is 0 Å². The number of hydrogen-bond acceptors (Lipinski definition) is 0. The van der Waals surface area contributed by atoms with Crippen LogP contribution in [0.4, 0.5) is 0 Å². The van der Waals surface area contributed by atoms with Crippen LogP contribution in [0.5, 0.6) is 0 Å². The Hall–Kier alpha value is -0.520. The summed E-state index contributed by atoms with van der Waals surface area (Å²) in [5, 5.41) is 0. The molecular formula is C19H28. The largest absolute Gasteiger partial charge is 0.0877 e. The zero-order chi connectivity index (χ0) is 13.1. The van der Waals surface area contributed by atoms with Crippen LogP contribution in [0.25, 0.3) is 0 Å². The minimum atomic E-state index is 0.549. The first kappa shape index (κ1) is 12.2. The summed E-state index contributed by atoms with van der Waals surface area (Å²) in [6.45, 7) is 5.14. The Labute approximate surface area is 118 Å². The zero-order valence-corrected chi connectivity index (χ0v) is 12.6. The molecule has 5 atom stereocenters. The first-order valence-corrected chi connectivity index (χ1v) is 8.51. The lowest BCUT2D eigenvalue weighted by molar-refractivity contribution is -0.0249. The first-order chi connectivity index (χ1) is 9.13. The predicted octanol–water partition coefficient (Wildman–Crippen LogP) is 5.51. The minimum absolute atomic E-state index is 0.549. The van der Waals surface area contributed by atoms with Gasteiger partial charge in [0.05, 0.1) is 0 Å². The molecule has 0 bridgehead atoms.